The lowest BCUT2D eigenvalue weighted by atomic mass is 10.1. The van der Waals surface area contributed by atoms with Crippen LogP contribution in [-0.4, -0.2) is 35.7 Å². The van der Waals surface area contributed by atoms with Gasteiger partial charge in [-0.1, -0.05) is 24.3 Å². The molecule has 0 N–H and O–H groups in total. The molecular weight excluding hydrogens is 410 g/mol. The van der Waals surface area contributed by atoms with Crippen molar-refractivity contribution >= 4 is 28.7 Å². The molecule has 0 saturated carbocycles. The van der Waals surface area contributed by atoms with Gasteiger partial charge in [0.2, 0.25) is 0 Å². The van der Waals surface area contributed by atoms with Crippen LogP contribution in [-0.2, 0) is 4.74 Å². The lowest BCUT2D eigenvalue weighted by Gasteiger charge is -2.12. The molecule has 0 aliphatic heterocycles. The van der Waals surface area contributed by atoms with Gasteiger partial charge in [-0.25, -0.2) is 4.68 Å². The van der Waals surface area contributed by atoms with Crippen LogP contribution >= 0.6 is 0 Å². The van der Waals surface area contributed by atoms with Crippen molar-refractivity contribution in [3.05, 3.63) is 88.1 Å². The molecule has 0 spiro atoms. The number of ether oxygens (including phenoxy) is 3. The summed E-state index contributed by atoms with van der Waals surface area (Å²) in [6.07, 6.45) is 3.78. The number of para-hydroxylation sites is 1. The molecule has 0 bridgehead atoms. The molecule has 32 heavy (non-hydrogen) atoms. The number of fused-ring (bicyclic) bond motifs is 1. The zero-order valence-electron chi connectivity index (χ0n) is 17.6. The van der Waals surface area contributed by atoms with Crippen LogP contribution in [0.2, 0.25) is 0 Å². The SMILES string of the molecule is COCOc1ccc(-n2nc(C=Cc3ccc([N+](=O)[O-])cc3)c3ccccc32)cc1OC. The number of hydrogen-bond donors (Lipinski definition) is 0. The van der Waals surface area contributed by atoms with Crippen molar-refractivity contribution in [1.82, 2.24) is 9.78 Å². The van der Waals surface area contributed by atoms with Crippen LogP contribution in [0, 0.1) is 10.1 Å². The molecule has 0 fully saturated rings. The Hall–Kier alpha value is -4.17. The molecule has 0 unspecified atom stereocenters. The maximum atomic E-state index is 10.8. The summed E-state index contributed by atoms with van der Waals surface area (Å²) in [5, 5.41) is 16.6. The first-order valence-electron chi connectivity index (χ1n) is 9.81. The maximum Gasteiger partial charge on any atom is 0.269 e. The van der Waals surface area contributed by atoms with Gasteiger partial charge in [0, 0.05) is 30.7 Å². The van der Waals surface area contributed by atoms with E-state index >= 15 is 0 Å². The van der Waals surface area contributed by atoms with Crippen molar-refractivity contribution in [2.75, 3.05) is 21.0 Å². The predicted molar refractivity (Wildman–Crippen MR) is 122 cm³/mol. The van der Waals surface area contributed by atoms with Crippen molar-refractivity contribution in [2.45, 2.75) is 0 Å². The van der Waals surface area contributed by atoms with Gasteiger partial charge in [0.15, 0.2) is 18.3 Å². The normalized spacial score (nSPS) is 11.2. The summed E-state index contributed by atoms with van der Waals surface area (Å²) in [7, 11) is 3.14. The van der Waals surface area contributed by atoms with Crippen LogP contribution in [0.15, 0.2) is 66.7 Å². The number of benzene rings is 3. The average Bonchev–Trinajstić information content (AvgIpc) is 3.20. The molecule has 8 nitrogen and oxygen atoms in total. The van der Waals surface area contributed by atoms with E-state index in [4.69, 9.17) is 19.3 Å². The zero-order valence-corrected chi connectivity index (χ0v) is 17.6. The second kappa shape index (κ2) is 9.32. The van der Waals surface area contributed by atoms with E-state index in [0.717, 1.165) is 27.8 Å². The van der Waals surface area contributed by atoms with Crippen LogP contribution in [0.3, 0.4) is 0 Å². The molecule has 3 aromatic carbocycles. The molecule has 0 amide bonds. The number of nitrogens with zero attached hydrogens (tertiary/aromatic N) is 3. The minimum Gasteiger partial charge on any atom is -0.493 e. The fourth-order valence-electron chi connectivity index (χ4n) is 3.32. The quantitative estimate of drug-likeness (QED) is 0.219. The third-order valence-corrected chi connectivity index (χ3v) is 4.88. The molecule has 4 rings (SSSR count). The van der Waals surface area contributed by atoms with Crippen molar-refractivity contribution in [2.24, 2.45) is 0 Å². The van der Waals surface area contributed by atoms with Crippen LogP contribution in [0.25, 0.3) is 28.7 Å². The molecule has 8 heteroatoms. The van der Waals surface area contributed by atoms with Gasteiger partial charge in [-0.2, -0.15) is 5.10 Å². The summed E-state index contributed by atoms with van der Waals surface area (Å²) in [5.41, 5.74) is 3.43. The summed E-state index contributed by atoms with van der Waals surface area (Å²) >= 11 is 0. The van der Waals surface area contributed by atoms with Crippen LogP contribution < -0.4 is 9.47 Å². The fourth-order valence-corrected chi connectivity index (χ4v) is 3.32. The monoisotopic (exact) mass is 431 g/mol. The van der Waals surface area contributed by atoms with E-state index in [1.54, 1.807) is 26.4 Å². The minimum atomic E-state index is -0.414. The number of rotatable bonds is 8. The summed E-state index contributed by atoms with van der Waals surface area (Å²) in [4.78, 5) is 10.4. The Morgan fingerprint density at radius 1 is 1.00 bits per heavy atom. The van der Waals surface area contributed by atoms with Gasteiger partial charge in [0.05, 0.1) is 28.9 Å². The van der Waals surface area contributed by atoms with Gasteiger partial charge in [0.25, 0.3) is 5.69 Å². The fraction of sp³-hybridized carbons (Fsp3) is 0.125. The molecule has 4 aromatic rings. The highest BCUT2D eigenvalue weighted by atomic mass is 16.7. The highest BCUT2D eigenvalue weighted by molar-refractivity contribution is 5.90. The lowest BCUT2D eigenvalue weighted by molar-refractivity contribution is -0.384. The Kier molecular flexibility index (Phi) is 6.14. The van der Waals surface area contributed by atoms with E-state index in [2.05, 4.69) is 0 Å². The summed E-state index contributed by atoms with van der Waals surface area (Å²) in [5.74, 6) is 1.15. The van der Waals surface area contributed by atoms with E-state index < -0.39 is 4.92 Å². The molecule has 1 aromatic heterocycles. The Balaban J connectivity index is 1.71. The number of nitro groups is 1. The molecule has 0 radical (unpaired) electrons. The lowest BCUT2D eigenvalue weighted by Crippen LogP contribution is -2.02. The second-order valence-electron chi connectivity index (χ2n) is 6.88. The minimum absolute atomic E-state index is 0.0590. The molecule has 1 heterocycles. The van der Waals surface area contributed by atoms with E-state index in [1.807, 2.05) is 59.3 Å². The number of aromatic nitrogens is 2. The van der Waals surface area contributed by atoms with Crippen molar-refractivity contribution < 1.29 is 19.1 Å². The van der Waals surface area contributed by atoms with Gasteiger partial charge < -0.3 is 14.2 Å². The first kappa shape index (κ1) is 21.1. The Bertz CT molecular complexity index is 1280. The standard InChI is InChI=1S/C24H21N3O5/c1-30-16-32-23-14-12-19(15-24(23)31-2)26-22-6-4-3-5-20(22)21(25-26)13-9-17-7-10-18(11-8-17)27(28)29/h3-15H,16H2,1-2H3. The molecule has 0 aliphatic rings. The predicted octanol–water partition coefficient (Wildman–Crippen LogP) is 5.10. The van der Waals surface area contributed by atoms with Crippen molar-refractivity contribution in [3.8, 4) is 17.2 Å². The van der Waals surface area contributed by atoms with Gasteiger partial charge in [-0.05, 0) is 42.0 Å². The topological polar surface area (TPSA) is 88.7 Å². The van der Waals surface area contributed by atoms with Crippen LogP contribution in [0.5, 0.6) is 11.5 Å². The molecular formula is C24H21N3O5. The zero-order chi connectivity index (χ0) is 22.5. The van der Waals surface area contributed by atoms with Gasteiger partial charge in [-0.3, -0.25) is 10.1 Å². The highest BCUT2D eigenvalue weighted by Crippen LogP contribution is 2.31. The summed E-state index contributed by atoms with van der Waals surface area (Å²) in [6.45, 7) is 0.123. The Morgan fingerprint density at radius 2 is 1.78 bits per heavy atom. The smallest absolute Gasteiger partial charge is 0.269 e. The van der Waals surface area contributed by atoms with E-state index in [0.29, 0.717) is 11.5 Å². The third-order valence-electron chi connectivity index (χ3n) is 4.88. The van der Waals surface area contributed by atoms with Gasteiger partial charge >= 0.3 is 0 Å². The maximum absolute atomic E-state index is 10.8. The third kappa shape index (κ3) is 4.30. The number of nitro benzene ring substituents is 1. The van der Waals surface area contributed by atoms with Crippen LogP contribution in [0.4, 0.5) is 5.69 Å². The molecule has 162 valence electrons. The van der Waals surface area contributed by atoms with Crippen LogP contribution in [0.1, 0.15) is 11.3 Å². The average molecular weight is 431 g/mol. The van der Waals surface area contributed by atoms with E-state index in [9.17, 15) is 10.1 Å². The molecule has 0 saturated heterocycles. The van der Waals surface area contributed by atoms with Gasteiger partial charge in [0.1, 0.15) is 0 Å². The number of hydrogen-bond acceptors (Lipinski definition) is 6. The summed E-state index contributed by atoms with van der Waals surface area (Å²) in [6, 6.07) is 19.9. The number of non-ortho nitro benzene ring substituents is 1. The Morgan fingerprint density at radius 3 is 2.50 bits per heavy atom. The largest absolute Gasteiger partial charge is 0.493 e. The summed E-state index contributed by atoms with van der Waals surface area (Å²) < 4.78 is 17.8. The van der Waals surface area contributed by atoms with Crippen molar-refractivity contribution in [3.63, 3.8) is 0 Å². The highest BCUT2D eigenvalue weighted by Gasteiger charge is 2.13. The van der Waals surface area contributed by atoms with E-state index in [-0.39, 0.29) is 12.5 Å². The Labute approximate surface area is 184 Å². The molecule has 0 atom stereocenters. The number of methoxy groups -OCH3 is 2. The van der Waals surface area contributed by atoms with E-state index in [1.165, 1.54) is 12.1 Å². The van der Waals surface area contributed by atoms with Gasteiger partial charge in [-0.15, -0.1) is 0 Å². The first-order chi connectivity index (χ1) is 15.6. The second-order valence-corrected chi connectivity index (χ2v) is 6.88. The molecule has 0 aliphatic carbocycles. The van der Waals surface area contributed by atoms with Crippen molar-refractivity contribution in [1.29, 1.82) is 0 Å². The first-order valence-corrected chi connectivity index (χ1v) is 9.81.